The number of halogens is 3. The molecule has 0 bridgehead atoms. The van der Waals surface area contributed by atoms with Crippen molar-refractivity contribution >= 4 is 23.4 Å². The van der Waals surface area contributed by atoms with Crippen LogP contribution in [0.2, 0.25) is 0 Å². The lowest BCUT2D eigenvalue weighted by molar-refractivity contribution is -0.141. The van der Waals surface area contributed by atoms with Crippen LogP contribution in [-0.2, 0) is 31.0 Å². The van der Waals surface area contributed by atoms with Gasteiger partial charge in [-0.15, -0.1) is 0 Å². The second-order valence-electron chi connectivity index (χ2n) is 11.6. The van der Waals surface area contributed by atoms with Crippen molar-refractivity contribution in [2.45, 2.75) is 38.9 Å². The standard InChI is InChI=1S/C31H36F3N9O3/c1-4-20-17-22(5-6-23(20)30(46)42-15-13-41(14-16-42)29(45)21-7-10-39(2)11-8-21)37-28(44)27-36-18-25(40(27)3)24-19-43(12-9-35)38-26(24)31(32,33)34/h5-6,17-19,21H,4,7-8,10-16H2,1-3H3,(H,37,44). The van der Waals surface area contributed by atoms with E-state index in [4.69, 9.17) is 5.26 Å². The van der Waals surface area contributed by atoms with Gasteiger partial charge in [-0.05, 0) is 63.2 Å². The molecule has 46 heavy (non-hydrogen) atoms. The first-order valence-electron chi connectivity index (χ1n) is 15.2. The summed E-state index contributed by atoms with van der Waals surface area (Å²) in [6, 6.07) is 6.70. The van der Waals surface area contributed by atoms with Crippen LogP contribution >= 0.6 is 0 Å². The summed E-state index contributed by atoms with van der Waals surface area (Å²) in [5.41, 5.74) is 0.131. The van der Waals surface area contributed by atoms with Crippen molar-refractivity contribution in [2.24, 2.45) is 13.0 Å². The van der Waals surface area contributed by atoms with Gasteiger partial charge < -0.3 is 24.6 Å². The molecule has 1 aromatic carbocycles. The van der Waals surface area contributed by atoms with Gasteiger partial charge in [0, 0.05) is 56.6 Å². The number of amides is 3. The molecule has 5 rings (SSSR count). The van der Waals surface area contributed by atoms with Crippen LogP contribution in [0.3, 0.4) is 0 Å². The molecule has 0 unspecified atom stereocenters. The van der Waals surface area contributed by atoms with Crippen molar-refractivity contribution < 1.29 is 27.6 Å². The van der Waals surface area contributed by atoms with Crippen LogP contribution in [0.4, 0.5) is 18.9 Å². The highest BCUT2D eigenvalue weighted by atomic mass is 19.4. The molecule has 1 N–H and O–H groups in total. The minimum absolute atomic E-state index is 0.00463. The van der Waals surface area contributed by atoms with Crippen LogP contribution in [0.1, 0.15) is 52.0 Å². The number of aryl methyl sites for hydroxylation is 1. The number of carbonyl (C=O) groups is 3. The van der Waals surface area contributed by atoms with Crippen LogP contribution < -0.4 is 5.32 Å². The van der Waals surface area contributed by atoms with E-state index in [-0.39, 0.29) is 41.4 Å². The Morgan fingerprint density at radius 2 is 1.72 bits per heavy atom. The first kappa shape index (κ1) is 32.7. The summed E-state index contributed by atoms with van der Waals surface area (Å²) in [5, 5.41) is 15.1. The maximum atomic E-state index is 13.7. The third-order valence-corrected chi connectivity index (χ3v) is 8.65. The molecule has 0 saturated carbocycles. The maximum Gasteiger partial charge on any atom is 0.435 e. The number of piperidine rings is 1. The molecule has 0 aliphatic carbocycles. The Labute approximate surface area is 264 Å². The lowest BCUT2D eigenvalue weighted by Crippen LogP contribution is -2.52. The fourth-order valence-corrected chi connectivity index (χ4v) is 6.02. The number of piperazine rings is 1. The number of nitrogens with zero attached hydrogens (tertiary/aromatic N) is 8. The van der Waals surface area contributed by atoms with E-state index in [1.807, 2.05) is 11.8 Å². The predicted octanol–water partition coefficient (Wildman–Crippen LogP) is 3.27. The third kappa shape index (κ3) is 6.76. The van der Waals surface area contributed by atoms with Gasteiger partial charge in [0.15, 0.2) is 11.5 Å². The quantitative estimate of drug-likeness (QED) is 0.420. The summed E-state index contributed by atoms with van der Waals surface area (Å²) in [6.07, 6.45) is -0.312. The molecule has 4 heterocycles. The maximum absolute atomic E-state index is 13.7. The van der Waals surface area contributed by atoms with Gasteiger partial charge in [0.05, 0.1) is 23.5 Å². The second kappa shape index (κ2) is 13.3. The summed E-state index contributed by atoms with van der Waals surface area (Å²) in [5.74, 6) is -0.729. The SMILES string of the molecule is CCc1cc(NC(=O)c2ncc(-c3cn(CC#N)nc3C(F)(F)F)n2C)ccc1C(=O)N1CCN(C(=O)C2CCN(C)CC2)CC1. The highest BCUT2D eigenvalue weighted by Crippen LogP contribution is 2.36. The molecule has 2 fully saturated rings. The summed E-state index contributed by atoms with van der Waals surface area (Å²) >= 11 is 0. The summed E-state index contributed by atoms with van der Waals surface area (Å²) in [6.45, 7) is 5.19. The van der Waals surface area contributed by atoms with Crippen LogP contribution in [0, 0.1) is 17.2 Å². The molecule has 15 heteroatoms. The number of likely N-dealkylation sites (tertiary alicyclic amines) is 1. The Hall–Kier alpha value is -4.71. The number of carbonyl (C=O) groups excluding carboxylic acids is 3. The minimum Gasteiger partial charge on any atom is -0.339 e. The normalized spacial score (nSPS) is 16.4. The number of aromatic nitrogens is 4. The van der Waals surface area contributed by atoms with E-state index in [2.05, 4.69) is 27.3 Å². The number of rotatable bonds is 7. The van der Waals surface area contributed by atoms with E-state index in [9.17, 15) is 27.6 Å². The monoisotopic (exact) mass is 639 g/mol. The van der Waals surface area contributed by atoms with Crippen LogP contribution in [0.25, 0.3) is 11.3 Å². The highest BCUT2D eigenvalue weighted by Gasteiger charge is 2.39. The number of anilines is 1. The zero-order valence-electron chi connectivity index (χ0n) is 26.0. The molecule has 3 aromatic rings. The van der Waals surface area contributed by atoms with Crippen LogP contribution in [0.5, 0.6) is 0 Å². The van der Waals surface area contributed by atoms with Gasteiger partial charge in [0.1, 0.15) is 6.54 Å². The largest absolute Gasteiger partial charge is 0.435 e. The van der Waals surface area contributed by atoms with Gasteiger partial charge in [0.2, 0.25) is 5.91 Å². The highest BCUT2D eigenvalue weighted by molar-refractivity contribution is 6.03. The zero-order valence-corrected chi connectivity index (χ0v) is 26.0. The number of nitrogens with one attached hydrogen (secondary N) is 1. The number of imidazole rings is 1. The average molecular weight is 640 g/mol. The first-order chi connectivity index (χ1) is 21.9. The molecule has 0 radical (unpaired) electrons. The summed E-state index contributed by atoms with van der Waals surface area (Å²) in [7, 11) is 3.47. The Morgan fingerprint density at radius 3 is 2.35 bits per heavy atom. The van der Waals surface area contributed by atoms with E-state index in [1.54, 1.807) is 29.2 Å². The van der Waals surface area contributed by atoms with Crippen molar-refractivity contribution in [3.8, 4) is 17.3 Å². The van der Waals surface area contributed by atoms with Crippen molar-refractivity contribution in [1.29, 1.82) is 5.26 Å². The van der Waals surface area contributed by atoms with Gasteiger partial charge in [0.25, 0.3) is 11.8 Å². The molecular weight excluding hydrogens is 603 g/mol. The molecule has 2 aliphatic heterocycles. The molecule has 0 spiro atoms. The van der Waals surface area contributed by atoms with Crippen molar-refractivity contribution in [3.63, 3.8) is 0 Å². The van der Waals surface area contributed by atoms with E-state index >= 15 is 0 Å². The number of nitriles is 1. The van der Waals surface area contributed by atoms with E-state index in [0.717, 1.165) is 43.0 Å². The topological polar surface area (TPSA) is 132 Å². The fraction of sp³-hybridized carbons (Fsp3) is 0.484. The van der Waals surface area contributed by atoms with Gasteiger partial charge in [-0.2, -0.15) is 23.5 Å². The Morgan fingerprint density at radius 1 is 1.04 bits per heavy atom. The van der Waals surface area contributed by atoms with Crippen molar-refractivity contribution in [3.05, 3.63) is 53.2 Å². The van der Waals surface area contributed by atoms with Gasteiger partial charge in [-0.25, -0.2) is 4.98 Å². The van der Waals surface area contributed by atoms with Crippen LogP contribution in [-0.4, -0.2) is 98.1 Å². The molecule has 2 saturated heterocycles. The second-order valence-corrected chi connectivity index (χ2v) is 11.6. The molecule has 12 nitrogen and oxygen atoms in total. The molecule has 2 aromatic heterocycles. The van der Waals surface area contributed by atoms with Gasteiger partial charge in [-0.1, -0.05) is 6.92 Å². The lowest BCUT2D eigenvalue weighted by Gasteiger charge is -2.38. The fourth-order valence-electron chi connectivity index (χ4n) is 6.02. The Bertz CT molecular complexity index is 1660. The zero-order chi connectivity index (χ0) is 33.2. The van der Waals surface area contributed by atoms with E-state index < -0.39 is 17.8 Å². The van der Waals surface area contributed by atoms with E-state index in [0.29, 0.717) is 49.4 Å². The summed E-state index contributed by atoms with van der Waals surface area (Å²) in [4.78, 5) is 49.6. The predicted molar refractivity (Wildman–Crippen MR) is 162 cm³/mol. The molecular formula is C31H36F3N9O3. The molecule has 2 aliphatic rings. The molecule has 244 valence electrons. The van der Waals surface area contributed by atoms with E-state index in [1.165, 1.54) is 11.6 Å². The van der Waals surface area contributed by atoms with Gasteiger partial charge >= 0.3 is 6.18 Å². The van der Waals surface area contributed by atoms with Crippen molar-refractivity contribution in [1.82, 2.24) is 34.0 Å². The molecule has 3 amide bonds. The third-order valence-electron chi connectivity index (χ3n) is 8.65. The number of hydrogen-bond acceptors (Lipinski definition) is 7. The van der Waals surface area contributed by atoms with Crippen LogP contribution in [0.15, 0.2) is 30.6 Å². The molecule has 0 atom stereocenters. The number of alkyl halides is 3. The van der Waals surface area contributed by atoms with Crippen molar-refractivity contribution in [2.75, 3.05) is 51.6 Å². The average Bonchev–Trinajstić information content (AvgIpc) is 3.64. The first-order valence-corrected chi connectivity index (χ1v) is 15.2. The Balaban J connectivity index is 1.25. The van der Waals surface area contributed by atoms with Gasteiger partial charge in [-0.3, -0.25) is 19.1 Å². The summed E-state index contributed by atoms with van der Waals surface area (Å²) < 4.78 is 43.1. The lowest BCUT2D eigenvalue weighted by atomic mass is 9.95. The smallest absolute Gasteiger partial charge is 0.339 e. The minimum atomic E-state index is -4.78. The Kier molecular flexibility index (Phi) is 9.47. The number of hydrogen-bond donors (Lipinski definition) is 1. The number of benzene rings is 1.